The predicted molar refractivity (Wildman–Crippen MR) is 97.1 cm³/mol. The fraction of sp³-hybridized carbons (Fsp3) is 0.167. The van der Waals surface area contributed by atoms with Gasteiger partial charge in [-0.2, -0.15) is 0 Å². The number of carbonyl (C=O) groups excluding carboxylic acids is 1. The highest BCUT2D eigenvalue weighted by Gasteiger charge is 2.15. The second-order valence-corrected chi connectivity index (χ2v) is 6.37. The molecule has 0 bridgehead atoms. The van der Waals surface area contributed by atoms with Gasteiger partial charge < -0.3 is 9.15 Å². The molecule has 0 saturated heterocycles. The quantitative estimate of drug-likeness (QED) is 0.671. The van der Waals surface area contributed by atoms with Gasteiger partial charge in [-0.1, -0.05) is 30.2 Å². The van der Waals surface area contributed by atoms with Crippen LogP contribution in [-0.4, -0.2) is 29.0 Å². The van der Waals surface area contributed by atoms with Crippen molar-refractivity contribution < 1.29 is 13.9 Å². The summed E-state index contributed by atoms with van der Waals surface area (Å²) >= 11 is 1.67. The predicted octanol–water partition coefficient (Wildman–Crippen LogP) is 4.11. The number of anilines is 1. The first kappa shape index (κ1) is 17.0. The minimum absolute atomic E-state index is 0.0412. The summed E-state index contributed by atoms with van der Waals surface area (Å²) < 4.78 is 10.8. The summed E-state index contributed by atoms with van der Waals surface area (Å²) in [6, 6.07) is 14.7. The van der Waals surface area contributed by atoms with Crippen LogP contribution in [0.2, 0.25) is 0 Å². The van der Waals surface area contributed by atoms with E-state index in [0.29, 0.717) is 16.9 Å². The molecule has 0 fully saturated rings. The zero-order chi connectivity index (χ0) is 17.6. The Kier molecular flexibility index (Phi) is 5.35. The van der Waals surface area contributed by atoms with Crippen LogP contribution in [0.5, 0.6) is 5.75 Å². The SMILES string of the molecule is CCSc1cccc(C(=O)Nc2nnc(-c3ccccc3OC)o2)c1. The number of hydrogen-bond donors (Lipinski definition) is 1. The number of nitrogens with one attached hydrogen (secondary N) is 1. The van der Waals surface area contributed by atoms with Crippen molar-refractivity contribution in [3.63, 3.8) is 0 Å². The standard InChI is InChI=1S/C18H17N3O3S/c1-3-25-13-8-6-7-12(11-13)16(22)19-18-21-20-17(24-18)14-9-4-5-10-15(14)23-2/h4-11H,3H2,1-2H3,(H,19,21,22). The van der Waals surface area contributed by atoms with Gasteiger partial charge in [0, 0.05) is 10.5 Å². The van der Waals surface area contributed by atoms with Crippen LogP contribution in [0.1, 0.15) is 17.3 Å². The fourth-order valence-corrected chi connectivity index (χ4v) is 2.99. The van der Waals surface area contributed by atoms with E-state index >= 15 is 0 Å². The van der Waals surface area contributed by atoms with Crippen LogP contribution in [0.4, 0.5) is 6.01 Å². The molecular weight excluding hydrogens is 338 g/mol. The van der Waals surface area contributed by atoms with E-state index in [1.54, 1.807) is 31.0 Å². The van der Waals surface area contributed by atoms with E-state index in [1.165, 1.54) is 0 Å². The van der Waals surface area contributed by atoms with E-state index in [2.05, 4.69) is 22.4 Å². The Morgan fingerprint density at radius 1 is 1.20 bits per heavy atom. The normalized spacial score (nSPS) is 10.5. The van der Waals surface area contributed by atoms with Gasteiger partial charge in [0.15, 0.2) is 0 Å². The highest BCUT2D eigenvalue weighted by atomic mass is 32.2. The van der Waals surface area contributed by atoms with Gasteiger partial charge in [-0.05, 0) is 36.1 Å². The Bertz CT molecular complexity index is 879. The number of methoxy groups -OCH3 is 1. The topological polar surface area (TPSA) is 77.2 Å². The highest BCUT2D eigenvalue weighted by Crippen LogP contribution is 2.29. The zero-order valence-corrected chi connectivity index (χ0v) is 14.7. The number of para-hydroxylation sites is 1. The third kappa shape index (κ3) is 4.00. The summed E-state index contributed by atoms with van der Waals surface area (Å²) in [5, 5.41) is 10.5. The summed E-state index contributed by atoms with van der Waals surface area (Å²) in [7, 11) is 1.57. The number of thioether (sulfide) groups is 1. The molecule has 2 aromatic carbocycles. The van der Waals surface area contributed by atoms with E-state index in [9.17, 15) is 4.79 Å². The third-order valence-corrected chi connectivity index (χ3v) is 4.27. The lowest BCUT2D eigenvalue weighted by Gasteiger charge is -2.04. The number of benzene rings is 2. The second-order valence-electron chi connectivity index (χ2n) is 5.03. The maximum Gasteiger partial charge on any atom is 0.322 e. The number of amides is 1. The van der Waals surface area contributed by atoms with Crippen LogP contribution in [0, 0.1) is 0 Å². The summed E-state index contributed by atoms with van der Waals surface area (Å²) in [5.74, 6) is 1.54. The Labute approximate surface area is 149 Å². The van der Waals surface area contributed by atoms with E-state index < -0.39 is 0 Å². The minimum Gasteiger partial charge on any atom is -0.496 e. The van der Waals surface area contributed by atoms with Crippen molar-refractivity contribution in [1.82, 2.24) is 10.2 Å². The summed E-state index contributed by atoms with van der Waals surface area (Å²) in [4.78, 5) is 13.4. The largest absolute Gasteiger partial charge is 0.496 e. The van der Waals surface area contributed by atoms with Gasteiger partial charge in [-0.15, -0.1) is 16.9 Å². The van der Waals surface area contributed by atoms with Crippen molar-refractivity contribution in [2.24, 2.45) is 0 Å². The van der Waals surface area contributed by atoms with Crippen LogP contribution >= 0.6 is 11.8 Å². The number of aromatic nitrogens is 2. The van der Waals surface area contributed by atoms with Gasteiger partial charge in [0.25, 0.3) is 11.8 Å². The Hall–Kier alpha value is -2.80. The van der Waals surface area contributed by atoms with Crippen LogP contribution in [0.15, 0.2) is 57.8 Å². The molecule has 3 rings (SSSR count). The first-order chi connectivity index (χ1) is 12.2. The molecule has 0 spiro atoms. The van der Waals surface area contributed by atoms with Gasteiger partial charge in [-0.25, -0.2) is 0 Å². The van der Waals surface area contributed by atoms with Crippen LogP contribution in [0.25, 0.3) is 11.5 Å². The molecule has 0 atom stereocenters. The molecule has 0 aliphatic rings. The van der Waals surface area contributed by atoms with Gasteiger partial charge in [0.1, 0.15) is 5.75 Å². The van der Waals surface area contributed by atoms with Gasteiger partial charge >= 0.3 is 6.01 Å². The van der Waals surface area contributed by atoms with Gasteiger partial charge in [-0.3, -0.25) is 10.1 Å². The third-order valence-electron chi connectivity index (χ3n) is 3.39. The van der Waals surface area contributed by atoms with Crippen LogP contribution in [0.3, 0.4) is 0 Å². The molecule has 0 radical (unpaired) electrons. The lowest BCUT2D eigenvalue weighted by atomic mass is 10.2. The molecule has 0 aliphatic heterocycles. The molecule has 1 heterocycles. The first-order valence-corrected chi connectivity index (χ1v) is 8.71. The summed E-state index contributed by atoms with van der Waals surface area (Å²) in [5.41, 5.74) is 1.20. The molecule has 0 saturated carbocycles. The second kappa shape index (κ2) is 7.85. The molecule has 1 N–H and O–H groups in total. The van der Waals surface area contributed by atoms with Crippen molar-refractivity contribution in [2.75, 3.05) is 18.2 Å². The molecule has 1 aromatic heterocycles. The van der Waals surface area contributed by atoms with Crippen molar-refractivity contribution in [3.05, 3.63) is 54.1 Å². The van der Waals surface area contributed by atoms with Gasteiger partial charge in [0.05, 0.1) is 12.7 Å². The van der Waals surface area contributed by atoms with Crippen molar-refractivity contribution in [1.29, 1.82) is 0 Å². The molecule has 3 aromatic rings. The van der Waals surface area contributed by atoms with Crippen molar-refractivity contribution in [2.45, 2.75) is 11.8 Å². The molecular formula is C18H17N3O3S. The lowest BCUT2D eigenvalue weighted by molar-refractivity contribution is 0.102. The average Bonchev–Trinajstić information content (AvgIpc) is 3.10. The summed E-state index contributed by atoms with van der Waals surface area (Å²) in [6.45, 7) is 2.06. The number of rotatable bonds is 6. The van der Waals surface area contributed by atoms with E-state index in [4.69, 9.17) is 9.15 Å². The van der Waals surface area contributed by atoms with E-state index in [-0.39, 0.29) is 17.8 Å². The Morgan fingerprint density at radius 2 is 2.04 bits per heavy atom. The molecule has 6 nitrogen and oxygen atoms in total. The minimum atomic E-state index is -0.297. The van der Waals surface area contributed by atoms with E-state index in [1.807, 2.05) is 36.4 Å². The van der Waals surface area contributed by atoms with Crippen molar-refractivity contribution in [3.8, 4) is 17.2 Å². The molecule has 7 heteroatoms. The zero-order valence-electron chi connectivity index (χ0n) is 13.9. The fourth-order valence-electron chi connectivity index (χ4n) is 2.27. The number of nitrogens with zero attached hydrogens (tertiary/aromatic N) is 2. The maximum absolute atomic E-state index is 12.4. The average molecular weight is 355 g/mol. The number of hydrogen-bond acceptors (Lipinski definition) is 6. The molecule has 0 unspecified atom stereocenters. The van der Waals surface area contributed by atoms with Crippen LogP contribution < -0.4 is 10.1 Å². The molecule has 0 aliphatic carbocycles. The molecule has 25 heavy (non-hydrogen) atoms. The van der Waals surface area contributed by atoms with Crippen molar-refractivity contribution >= 4 is 23.7 Å². The number of ether oxygens (including phenoxy) is 1. The maximum atomic E-state index is 12.4. The summed E-state index contributed by atoms with van der Waals surface area (Å²) in [6.07, 6.45) is 0. The Morgan fingerprint density at radius 3 is 2.84 bits per heavy atom. The van der Waals surface area contributed by atoms with E-state index in [0.717, 1.165) is 10.6 Å². The monoisotopic (exact) mass is 355 g/mol. The van der Waals surface area contributed by atoms with Gasteiger partial charge in [0.2, 0.25) is 0 Å². The molecule has 128 valence electrons. The highest BCUT2D eigenvalue weighted by molar-refractivity contribution is 7.99. The Balaban J connectivity index is 1.77. The first-order valence-electron chi connectivity index (χ1n) is 7.72. The molecule has 1 amide bonds. The smallest absolute Gasteiger partial charge is 0.322 e. The number of carbonyl (C=O) groups is 1. The lowest BCUT2D eigenvalue weighted by Crippen LogP contribution is -2.12. The van der Waals surface area contributed by atoms with Crippen LogP contribution in [-0.2, 0) is 0 Å².